The molecule has 1 aliphatic rings. The first-order chi connectivity index (χ1) is 9.47. The predicted molar refractivity (Wildman–Crippen MR) is 84.2 cm³/mol. The second kappa shape index (κ2) is 7.31. The number of carbonyl (C=O) groups is 2. The maximum atomic E-state index is 11.3. The highest BCUT2D eigenvalue weighted by atomic mass is 35.5. The molecular weight excluding hydrogens is 292 g/mol. The van der Waals surface area contributed by atoms with E-state index in [-0.39, 0.29) is 24.7 Å². The quantitative estimate of drug-likeness (QED) is 0.923. The molecule has 1 N–H and O–H groups in total. The first-order valence-corrected chi connectivity index (χ1v) is 6.79. The number of carboxylic acids is 1. The molecule has 1 aliphatic heterocycles. The van der Waals surface area contributed by atoms with Gasteiger partial charge in [0.2, 0.25) is 5.91 Å². The monoisotopic (exact) mass is 312 g/mol. The Morgan fingerprint density at radius 1 is 1.19 bits per heavy atom. The van der Waals surface area contributed by atoms with Crippen LogP contribution in [0, 0.1) is 6.92 Å². The maximum Gasteiger partial charge on any atom is 0.307 e. The molecule has 6 heteroatoms. The first kappa shape index (κ1) is 17.3. The van der Waals surface area contributed by atoms with E-state index in [1.165, 1.54) is 0 Å². The van der Waals surface area contributed by atoms with Crippen molar-refractivity contribution < 1.29 is 14.7 Å². The van der Waals surface area contributed by atoms with Gasteiger partial charge in [-0.05, 0) is 30.2 Å². The Bertz CT molecular complexity index is 526. The van der Waals surface area contributed by atoms with E-state index >= 15 is 0 Å². The maximum absolute atomic E-state index is 11.3. The Hall–Kier alpha value is -1.75. The minimum Gasteiger partial charge on any atom is -0.481 e. The van der Waals surface area contributed by atoms with Crippen LogP contribution >= 0.6 is 12.4 Å². The highest BCUT2D eigenvalue weighted by Crippen LogP contribution is 2.21. The Morgan fingerprint density at radius 3 is 2.33 bits per heavy atom. The van der Waals surface area contributed by atoms with E-state index in [0.29, 0.717) is 0 Å². The smallest absolute Gasteiger partial charge is 0.307 e. The number of nitrogens with zero attached hydrogens (tertiary/aromatic N) is 2. The Balaban J connectivity index is 0.00000220. The summed E-state index contributed by atoms with van der Waals surface area (Å²) in [5.41, 5.74) is 2.89. The van der Waals surface area contributed by atoms with E-state index < -0.39 is 5.97 Å². The van der Waals surface area contributed by atoms with Crippen LogP contribution in [-0.4, -0.2) is 48.1 Å². The van der Waals surface area contributed by atoms with Gasteiger partial charge in [0.15, 0.2) is 0 Å². The molecule has 0 bridgehead atoms. The van der Waals surface area contributed by atoms with Gasteiger partial charge in [-0.3, -0.25) is 9.59 Å². The van der Waals surface area contributed by atoms with Crippen molar-refractivity contribution in [3.8, 4) is 0 Å². The van der Waals surface area contributed by atoms with Crippen LogP contribution in [0.1, 0.15) is 18.1 Å². The van der Waals surface area contributed by atoms with E-state index in [4.69, 9.17) is 5.11 Å². The summed E-state index contributed by atoms with van der Waals surface area (Å²) < 4.78 is 0. The number of piperazine rings is 1. The number of halogens is 1. The van der Waals surface area contributed by atoms with Crippen LogP contribution < -0.4 is 4.90 Å². The normalized spacial score (nSPS) is 14.6. The number of carbonyl (C=O) groups excluding carboxylic acids is 1. The third-order valence-electron chi connectivity index (χ3n) is 3.76. The summed E-state index contributed by atoms with van der Waals surface area (Å²) in [4.78, 5) is 26.2. The molecule has 21 heavy (non-hydrogen) atoms. The average Bonchev–Trinajstić information content (AvgIpc) is 2.41. The highest BCUT2D eigenvalue weighted by Gasteiger charge is 2.19. The molecule has 0 radical (unpaired) electrons. The number of hydrogen-bond donors (Lipinski definition) is 1. The number of anilines is 1. The summed E-state index contributed by atoms with van der Waals surface area (Å²) in [7, 11) is 0. The molecule has 0 atom stereocenters. The van der Waals surface area contributed by atoms with E-state index in [9.17, 15) is 9.59 Å². The van der Waals surface area contributed by atoms with E-state index in [2.05, 4.69) is 4.90 Å². The van der Waals surface area contributed by atoms with Crippen LogP contribution in [0.4, 0.5) is 5.69 Å². The van der Waals surface area contributed by atoms with Gasteiger partial charge in [-0.2, -0.15) is 0 Å². The van der Waals surface area contributed by atoms with Crippen molar-refractivity contribution >= 4 is 30.0 Å². The van der Waals surface area contributed by atoms with E-state index in [1.54, 1.807) is 6.92 Å². The summed E-state index contributed by atoms with van der Waals surface area (Å²) in [6, 6.07) is 5.93. The van der Waals surface area contributed by atoms with Gasteiger partial charge in [0.25, 0.3) is 0 Å². The molecule has 1 heterocycles. The van der Waals surface area contributed by atoms with E-state index in [1.807, 2.05) is 30.0 Å². The number of amides is 1. The third-order valence-corrected chi connectivity index (χ3v) is 3.76. The first-order valence-electron chi connectivity index (χ1n) is 6.79. The Labute approximate surface area is 131 Å². The number of carboxylic acid groups (broad SMARTS) is 1. The van der Waals surface area contributed by atoms with Crippen LogP contribution in [0.2, 0.25) is 0 Å². The van der Waals surface area contributed by atoms with Gasteiger partial charge in [0.05, 0.1) is 6.42 Å². The molecular formula is C15H21ClN2O3. The zero-order chi connectivity index (χ0) is 14.7. The average molecular weight is 313 g/mol. The lowest BCUT2D eigenvalue weighted by Gasteiger charge is -2.35. The Morgan fingerprint density at radius 2 is 1.81 bits per heavy atom. The molecule has 116 valence electrons. The van der Waals surface area contributed by atoms with Crippen molar-refractivity contribution in [1.29, 1.82) is 0 Å². The molecule has 0 unspecified atom stereocenters. The summed E-state index contributed by atoms with van der Waals surface area (Å²) >= 11 is 0. The molecule has 0 spiro atoms. The van der Waals surface area contributed by atoms with Crippen LogP contribution in [0.3, 0.4) is 0 Å². The third kappa shape index (κ3) is 4.36. The molecule has 1 fully saturated rings. The molecule has 0 aromatic heterocycles. The molecule has 0 aliphatic carbocycles. The van der Waals surface area contributed by atoms with Crippen molar-refractivity contribution in [2.45, 2.75) is 20.3 Å². The zero-order valence-electron chi connectivity index (χ0n) is 12.3. The largest absolute Gasteiger partial charge is 0.481 e. The second-order valence-corrected chi connectivity index (χ2v) is 5.17. The fraction of sp³-hybridized carbons (Fsp3) is 0.467. The number of aryl methyl sites for hydroxylation is 1. The number of aliphatic carboxylic acids is 1. The number of hydrogen-bond acceptors (Lipinski definition) is 3. The van der Waals surface area contributed by atoms with Gasteiger partial charge in [0.1, 0.15) is 0 Å². The fourth-order valence-corrected chi connectivity index (χ4v) is 2.49. The van der Waals surface area contributed by atoms with Crippen molar-refractivity contribution in [2.24, 2.45) is 0 Å². The van der Waals surface area contributed by atoms with Gasteiger partial charge in [-0.15, -0.1) is 12.4 Å². The molecule has 1 amide bonds. The molecule has 1 saturated heterocycles. The van der Waals surface area contributed by atoms with Crippen LogP contribution in [0.15, 0.2) is 18.2 Å². The lowest BCUT2D eigenvalue weighted by molar-refractivity contribution is -0.136. The lowest BCUT2D eigenvalue weighted by Crippen LogP contribution is -2.48. The fourth-order valence-electron chi connectivity index (χ4n) is 2.49. The SMILES string of the molecule is CC(=O)N1CCN(c2ccc(C)c(CC(=O)O)c2)CC1.Cl. The molecule has 0 saturated carbocycles. The van der Waals surface area contributed by atoms with Crippen LogP contribution in [0.5, 0.6) is 0 Å². The minimum atomic E-state index is -0.813. The second-order valence-electron chi connectivity index (χ2n) is 5.17. The van der Waals surface area contributed by atoms with Crippen LogP contribution in [0.25, 0.3) is 0 Å². The van der Waals surface area contributed by atoms with Crippen LogP contribution in [-0.2, 0) is 16.0 Å². The number of benzene rings is 1. The van der Waals surface area contributed by atoms with Crippen molar-refractivity contribution in [3.05, 3.63) is 29.3 Å². The molecule has 1 aromatic rings. The zero-order valence-corrected chi connectivity index (χ0v) is 13.2. The Kier molecular flexibility index (Phi) is 6.03. The molecule has 2 rings (SSSR count). The topological polar surface area (TPSA) is 60.9 Å². The summed E-state index contributed by atoms with van der Waals surface area (Å²) in [6.45, 7) is 6.53. The highest BCUT2D eigenvalue weighted by molar-refractivity contribution is 5.85. The summed E-state index contributed by atoms with van der Waals surface area (Å²) in [5.74, 6) is -0.702. The van der Waals surface area contributed by atoms with Crippen molar-refractivity contribution in [3.63, 3.8) is 0 Å². The summed E-state index contributed by atoms with van der Waals surface area (Å²) in [6.07, 6.45) is 0.0487. The minimum absolute atomic E-state index is 0. The van der Waals surface area contributed by atoms with Gasteiger partial charge in [-0.1, -0.05) is 6.07 Å². The van der Waals surface area contributed by atoms with Crippen molar-refractivity contribution in [2.75, 3.05) is 31.1 Å². The van der Waals surface area contributed by atoms with Gasteiger partial charge < -0.3 is 14.9 Å². The predicted octanol–water partition coefficient (Wildman–Crippen LogP) is 1.71. The lowest BCUT2D eigenvalue weighted by atomic mass is 10.0. The van der Waals surface area contributed by atoms with E-state index in [0.717, 1.165) is 43.0 Å². The summed E-state index contributed by atoms with van der Waals surface area (Å²) in [5, 5.41) is 8.93. The standard InChI is InChI=1S/C15H20N2O3.ClH/c1-11-3-4-14(9-13(11)10-15(19)20)17-7-5-16(6-8-17)12(2)18;/h3-4,9H,5-8,10H2,1-2H3,(H,19,20);1H. The van der Waals surface area contributed by atoms with Gasteiger partial charge in [-0.25, -0.2) is 0 Å². The number of rotatable bonds is 3. The van der Waals surface area contributed by atoms with Gasteiger partial charge >= 0.3 is 5.97 Å². The van der Waals surface area contributed by atoms with Crippen molar-refractivity contribution in [1.82, 2.24) is 4.90 Å². The molecule has 1 aromatic carbocycles. The molecule has 5 nitrogen and oxygen atoms in total. The van der Waals surface area contributed by atoms with Gasteiger partial charge in [0, 0.05) is 38.8 Å².